The van der Waals surface area contributed by atoms with Crippen LogP contribution in [0.1, 0.15) is 54.7 Å². The van der Waals surface area contributed by atoms with Gasteiger partial charge in [-0.2, -0.15) is 5.10 Å². The average Bonchev–Trinajstić information content (AvgIpc) is 3.13. The van der Waals surface area contributed by atoms with Crippen LogP contribution in [0.2, 0.25) is 0 Å². The molecule has 1 aromatic carbocycles. The molecule has 2 atom stereocenters. The van der Waals surface area contributed by atoms with Gasteiger partial charge in [-0.15, -0.1) is 0 Å². The number of hydrogen-bond donors (Lipinski definition) is 1. The standard InChI is InChI=1S/C21H21N3O3/c1-11-5-4-6-12-17(11)22-24-14-7-8-21(2,3)19(14)23-10-13(20(26)27)16(25)9-15(23)18(12)24/h4-6,9-10,14,19H,7-8H2,1-3H3,(H,26,27)/t14-,19-/m0/s1. The molecular formula is C21H21N3O3. The molecule has 2 aliphatic rings. The highest BCUT2D eigenvalue weighted by Crippen LogP contribution is 2.56. The summed E-state index contributed by atoms with van der Waals surface area (Å²) < 4.78 is 4.12. The van der Waals surface area contributed by atoms with Crippen molar-refractivity contribution in [2.75, 3.05) is 0 Å². The van der Waals surface area contributed by atoms with Crippen LogP contribution in [-0.2, 0) is 0 Å². The third-order valence-corrected chi connectivity index (χ3v) is 6.35. The van der Waals surface area contributed by atoms with Gasteiger partial charge < -0.3 is 9.67 Å². The summed E-state index contributed by atoms with van der Waals surface area (Å²) in [6.45, 7) is 6.46. The summed E-state index contributed by atoms with van der Waals surface area (Å²) in [5, 5.41) is 15.4. The Morgan fingerprint density at radius 1 is 1.33 bits per heavy atom. The molecule has 1 fully saturated rings. The van der Waals surface area contributed by atoms with E-state index in [1.165, 1.54) is 6.07 Å². The van der Waals surface area contributed by atoms with Crippen molar-refractivity contribution in [2.45, 2.75) is 45.7 Å². The van der Waals surface area contributed by atoms with Crippen molar-refractivity contribution in [2.24, 2.45) is 5.41 Å². The molecule has 6 heteroatoms. The number of carboxylic acids is 1. The second kappa shape index (κ2) is 5.09. The molecule has 0 bridgehead atoms. The normalized spacial score (nSPS) is 22.3. The van der Waals surface area contributed by atoms with E-state index in [1.54, 1.807) is 6.20 Å². The lowest BCUT2D eigenvalue weighted by atomic mass is 9.84. The molecule has 3 aromatic rings. The second-order valence-electron chi connectivity index (χ2n) is 8.45. The number of hydrogen-bond acceptors (Lipinski definition) is 3. The van der Waals surface area contributed by atoms with Gasteiger partial charge in [0.2, 0.25) is 0 Å². The number of rotatable bonds is 1. The maximum absolute atomic E-state index is 12.5. The smallest absolute Gasteiger partial charge is 0.341 e. The van der Waals surface area contributed by atoms with Crippen LogP contribution in [0.5, 0.6) is 0 Å². The SMILES string of the molecule is Cc1cccc2c3n(nc12)[C@H]1CCC(C)(C)[C@H]1n1cc(C(=O)O)c(=O)cc1-3. The minimum Gasteiger partial charge on any atom is -0.477 e. The van der Waals surface area contributed by atoms with Crippen LogP contribution in [0.4, 0.5) is 0 Å². The van der Waals surface area contributed by atoms with E-state index in [2.05, 4.69) is 18.5 Å². The molecule has 2 aromatic heterocycles. The number of carboxylic acid groups (broad SMARTS) is 1. The van der Waals surface area contributed by atoms with E-state index >= 15 is 0 Å². The molecule has 138 valence electrons. The van der Waals surface area contributed by atoms with Gasteiger partial charge in [-0.1, -0.05) is 32.0 Å². The molecule has 1 aliphatic carbocycles. The van der Waals surface area contributed by atoms with Crippen molar-refractivity contribution in [1.82, 2.24) is 14.3 Å². The maximum Gasteiger partial charge on any atom is 0.341 e. The van der Waals surface area contributed by atoms with E-state index in [1.807, 2.05) is 29.7 Å². The van der Waals surface area contributed by atoms with Crippen LogP contribution in [0.15, 0.2) is 35.3 Å². The fourth-order valence-corrected chi connectivity index (χ4v) is 5.05. The van der Waals surface area contributed by atoms with Gasteiger partial charge in [0, 0.05) is 17.6 Å². The quantitative estimate of drug-likeness (QED) is 0.714. The lowest BCUT2D eigenvalue weighted by Gasteiger charge is -2.39. The number of nitrogens with zero attached hydrogens (tertiary/aromatic N) is 3. The Kier molecular flexibility index (Phi) is 3.07. The van der Waals surface area contributed by atoms with Crippen molar-refractivity contribution < 1.29 is 9.90 Å². The summed E-state index contributed by atoms with van der Waals surface area (Å²) >= 11 is 0. The predicted octanol–water partition coefficient (Wildman–Crippen LogP) is 3.79. The second-order valence-corrected chi connectivity index (χ2v) is 8.45. The first-order valence-electron chi connectivity index (χ1n) is 9.27. The van der Waals surface area contributed by atoms with Crippen molar-refractivity contribution >= 4 is 16.9 Å². The number of carbonyl (C=O) groups is 1. The van der Waals surface area contributed by atoms with Gasteiger partial charge >= 0.3 is 5.97 Å². The van der Waals surface area contributed by atoms with Gasteiger partial charge in [0.25, 0.3) is 0 Å². The third kappa shape index (κ3) is 2.04. The van der Waals surface area contributed by atoms with E-state index in [4.69, 9.17) is 5.10 Å². The summed E-state index contributed by atoms with van der Waals surface area (Å²) in [4.78, 5) is 24.1. The molecule has 0 amide bonds. The molecule has 0 saturated heterocycles. The molecule has 3 heterocycles. The van der Waals surface area contributed by atoms with Gasteiger partial charge in [-0.25, -0.2) is 4.79 Å². The summed E-state index contributed by atoms with van der Waals surface area (Å²) in [5.74, 6) is -1.18. The highest BCUT2D eigenvalue weighted by atomic mass is 16.4. The van der Waals surface area contributed by atoms with E-state index in [-0.39, 0.29) is 23.1 Å². The molecule has 0 unspecified atom stereocenters. The summed E-state index contributed by atoms with van der Waals surface area (Å²) in [6.07, 6.45) is 3.54. The molecule has 5 rings (SSSR count). The minimum absolute atomic E-state index is 0.0187. The monoisotopic (exact) mass is 363 g/mol. The molecule has 0 radical (unpaired) electrons. The number of benzene rings is 1. The van der Waals surface area contributed by atoms with Gasteiger partial charge in [-0.3, -0.25) is 9.48 Å². The summed E-state index contributed by atoms with van der Waals surface area (Å²) in [7, 11) is 0. The lowest BCUT2D eigenvalue weighted by molar-refractivity contribution is 0.0693. The Morgan fingerprint density at radius 3 is 2.85 bits per heavy atom. The molecule has 6 nitrogen and oxygen atoms in total. The van der Waals surface area contributed by atoms with E-state index in [0.717, 1.165) is 40.7 Å². The molecule has 1 N–H and O–H groups in total. The van der Waals surface area contributed by atoms with Gasteiger partial charge in [0.1, 0.15) is 5.56 Å². The Bertz CT molecular complexity index is 1190. The Labute approximate surface area is 156 Å². The Morgan fingerprint density at radius 2 is 2.11 bits per heavy atom. The summed E-state index contributed by atoms with van der Waals surface area (Å²) in [5.41, 5.74) is 3.06. The Hall–Kier alpha value is -2.89. The Balaban J connectivity index is 1.93. The molecule has 0 spiro atoms. The van der Waals surface area contributed by atoms with Crippen LogP contribution >= 0.6 is 0 Å². The first kappa shape index (κ1) is 16.3. The van der Waals surface area contributed by atoms with E-state index in [9.17, 15) is 14.7 Å². The van der Waals surface area contributed by atoms with Crippen molar-refractivity contribution in [1.29, 1.82) is 0 Å². The molecule has 1 saturated carbocycles. The first-order valence-corrected chi connectivity index (χ1v) is 9.27. The van der Waals surface area contributed by atoms with Crippen LogP contribution in [0.3, 0.4) is 0 Å². The fourth-order valence-electron chi connectivity index (χ4n) is 5.05. The number of aromatic nitrogens is 3. The van der Waals surface area contributed by atoms with Crippen molar-refractivity contribution in [3.63, 3.8) is 0 Å². The number of aromatic carboxylic acids is 1. The van der Waals surface area contributed by atoms with Gasteiger partial charge in [0.15, 0.2) is 5.43 Å². The van der Waals surface area contributed by atoms with Gasteiger partial charge in [-0.05, 0) is 30.7 Å². The summed E-state index contributed by atoms with van der Waals surface area (Å²) in [6, 6.07) is 7.76. The third-order valence-electron chi connectivity index (χ3n) is 6.35. The largest absolute Gasteiger partial charge is 0.477 e. The minimum atomic E-state index is -1.18. The first-order chi connectivity index (χ1) is 12.8. The van der Waals surface area contributed by atoms with Crippen LogP contribution < -0.4 is 5.43 Å². The number of pyridine rings is 1. The maximum atomic E-state index is 12.5. The zero-order valence-corrected chi connectivity index (χ0v) is 15.6. The van der Waals surface area contributed by atoms with Crippen LogP contribution in [0, 0.1) is 12.3 Å². The van der Waals surface area contributed by atoms with Crippen molar-refractivity contribution in [3.05, 3.63) is 51.8 Å². The highest BCUT2D eigenvalue weighted by molar-refractivity contribution is 5.95. The zero-order chi connectivity index (χ0) is 19.1. The molecule has 27 heavy (non-hydrogen) atoms. The predicted molar refractivity (Wildman–Crippen MR) is 102 cm³/mol. The molecule has 1 aliphatic heterocycles. The van der Waals surface area contributed by atoms with E-state index in [0.29, 0.717) is 0 Å². The molecular weight excluding hydrogens is 342 g/mol. The van der Waals surface area contributed by atoms with Crippen molar-refractivity contribution in [3.8, 4) is 11.4 Å². The van der Waals surface area contributed by atoms with Gasteiger partial charge in [0.05, 0.1) is 29.0 Å². The average molecular weight is 363 g/mol. The topological polar surface area (TPSA) is 77.1 Å². The van der Waals surface area contributed by atoms with E-state index < -0.39 is 11.4 Å². The fraction of sp³-hybridized carbons (Fsp3) is 0.381. The zero-order valence-electron chi connectivity index (χ0n) is 15.6. The van der Waals surface area contributed by atoms with Crippen LogP contribution in [0.25, 0.3) is 22.3 Å². The van der Waals surface area contributed by atoms with Crippen LogP contribution in [-0.4, -0.2) is 25.4 Å². The highest BCUT2D eigenvalue weighted by Gasteiger charge is 2.48. The lowest BCUT2D eigenvalue weighted by Crippen LogP contribution is -2.35. The number of aryl methyl sites for hydroxylation is 1. The number of fused-ring (bicyclic) bond motifs is 8.